The highest BCUT2D eigenvalue weighted by atomic mass is 16.2. The molecule has 2 unspecified atom stereocenters. The normalized spacial score (nSPS) is 18.8. The molecule has 0 aromatic heterocycles. The molecular formula is C52H51N7O4. The highest BCUT2D eigenvalue weighted by Gasteiger charge is 2.38. The van der Waals surface area contributed by atoms with Crippen LogP contribution in [-0.2, 0) is 17.9 Å². The van der Waals surface area contributed by atoms with E-state index in [4.69, 9.17) is 0 Å². The molecule has 6 aromatic rings. The lowest BCUT2D eigenvalue weighted by Gasteiger charge is -2.41. The molecule has 11 nitrogen and oxygen atoms in total. The van der Waals surface area contributed by atoms with Gasteiger partial charge in [-0.25, -0.2) is 0 Å². The SMILES string of the molecule is CN1CCN2C(=O)c3ccccc3NC(=O)C2C1.O=C(Nc1ccc(C(=O)N2CC3CN(Cc4ccccc4)CCN3Cc3ccccc32)cc1)c1ccccc1-c1ccccc1. The molecule has 6 aromatic carbocycles. The van der Waals surface area contributed by atoms with Gasteiger partial charge in [0.1, 0.15) is 6.04 Å². The number of nitrogens with zero attached hydrogens (tertiary/aromatic N) is 5. The molecule has 4 amide bonds. The van der Waals surface area contributed by atoms with Crippen molar-refractivity contribution in [3.8, 4) is 11.1 Å². The highest BCUT2D eigenvalue weighted by molar-refractivity contribution is 6.11. The number of likely N-dealkylation sites (N-methyl/N-ethyl adjacent to an activating group) is 1. The quantitative estimate of drug-likeness (QED) is 0.181. The third-order valence-electron chi connectivity index (χ3n) is 12.4. The van der Waals surface area contributed by atoms with Crippen LogP contribution in [-0.4, -0.2) is 108 Å². The van der Waals surface area contributed by atoms with Gasteiger partial charge in [0, 0.05) is 87.4 Å². The summed E-state index contributed by atoms with van der Waals surface area (Å²) in [5.41, 5.74) is 8.36. The van der Waals surface area contributed by atoms with Crippen molar-refractivity contribution >= 4 is 40.7 Å². The van der Waals surface area contributed by atoms with Crippen molar-refractivity contribution in [3.63, 3.8) is 0 Å². The second kappa shape index (κ2) is 18.6. The molecule has 0 spiro atoms. The number of hydrogen-bond acceptors (Lipinski definition) is 7. The molecule has 10 rings (SSSR count). The maximum absolute atomic E-state index is 14.1. The zero-order valence-electron chi connectivity index (χ0n) is 35.4. The zero-order chi connectivity index (χ0) is 43.3. The summed E-state index contributed by atoms with van der Waals surface area (Å²) < 4.78 is 0. The minimum Gasteiger partial charge on any atom is -0.324 e. The summed E-state index contributed by atoms with van der Waals surface area (Å²) >= 11 is 0. The first-order valence-electron chi connectivity index (χ1n) is 21.6. The van der Waals surface area contributed by atoms with Gasteiger partial charge in [0.2, 0.25) is 5.91 Å². The molecular weight excluding hydrogens is 787 g/mol. The molecule has 2 N–H and O–H groups in total. The average Bonchev–Trinajstić information content (AvgIpc) is 3.55. The van der Waals surface area contributed by atoms with E-state index < -0.39 is 0 Å². The number of fused-ring (bicyclic) bond motifs is 4. The summed E-state index contributed by atoms with van der Waals surface area (Å²) in [6.45, 7) is 7.23. The van der Waals surface area contributed by atoms with Gasteiger partial charge < -0.3 is 25.3 Å². The van der Waals surface area contributed by atoms with Gasteiger partial charge in [0.05, 0.1) is 11.3 Å². The molecule has 11 heteroatoms. The van der Waals surface area contributed by atoms with Crippen molar-refractivity contribution in [1.82, 2.24) is 19.6 Å². The van der Waals surface area contributed by atoms with Crippen LogP contribution in [0.5, 0.6) is 0 Å². The standard InChI is InChI=1S/C39H36N4O2.C13H15N3O2/c44-38(36-17-9-8-16-35(36)30-13-5-2-6-14-30)40-33-21-19-31(20-22-33)39(45)43-28-34-27-41(25-29-11-3-1-4-12-29)23-24-42(34)26-32-15-7-10-18-37(32)43;1-15-6-7-16-11(8-15)12(17)14-10-5-3-2-4-9(10)13(16)18/h1-22,34H,23-28H2,(H,40,44);2-5,11H,6-8H2,1H3,(H,14,17). The number of anilines is 3. The number of piperazine rings is 2. The molecule has 4 heterocycles. The zero-order valence-corrected chi connectivity index (χ0v) is 35.4. The summed E-state index contributed by atoms with van der Waals surface area (Å²) in [4.78, 5) is 62.8. The Morgan fingerprint density at radius 1 is 0.667 bits per heavy atom. The third-order valence-corrected chi connectivity index (χ3v) is 12.4. The van der Waals surface area contributed by atoms with Crippen LogP contribution in [0.3, 0.4) is 0 Å². The lowest BCUT2D eigenvalue weighted by molar-refractivity contribution is -0.122. The van der Waals surface area contributed by atoms with Crippen LogP contribution >= 0.6 is 0 Å². The number of para-hydroxylation sites is 2. The molecule has 63 heavy (non-hydrogen) atoms. The van der Waals surface area contributed by atoms with Gasteiger partial charge in [0.15, 0.2) is 0 Å². The van der Waals surface area contributed by atoms with Crippen molar-refractivity contribution in [3.05, 3.63) is 186 Å². The van der Waals surface area contributed by atoms with Crippen LogP contribution in [0.2, 0.25) is 0 Å². The van der Waals surface area contributed by atoms with Crippen molar-refractivity contribution < 1.29 is 19.2 Å². The van der Waals surface area contributed by atoms with Gasteiger partial charge in [0.25, 0.3) is 17.7 Å². The second-order valence-electron chi connectivity index (χ2n) is 16.6. The Morgan fingerprint density at radius 3 is 2.14 bits per heavy atom. The summed E-state index contributed by atoms with van der Waals surface area (Å²) in [5, 5.41) is 5.87. The fourth-order valence-electron chi connectivity index (χ4n) is 9.09. The van der Waals surface area contributed by atoms with Crippen LogP contribution in [0.4, 0.5) is 17.1 Å². The number of amides is 4. The smallest absolute Gasteiger partial charge is 0.258 e. The number of hydrogen-bond donors (Lipinski definition) is 2. The largest absolute Gasteiger partial charge is 0.324 e. The van der Waals surface area contributed by atoms with Crippen LogP contribution < -0.4 is 15.5 Å². The van der Waals surface area contributed by atoms with Crippen molar-refractivity contribution in [2.75, 3.05) is 68.4 Å². The van der Waals surface area contributed by atoms with Crippen LogP contribution in [0, 0.1) is 0 Å². The number of nitrogens with one attached hydrogen (secondary N) is 2. The molecule has 0 radical (unpaired) electrons. The number of carbonyl (C=O) groups excluding carboxylic acids is 4. The van der Waals surface area contributed by atoms with Gasteiger partial charge >= 0.3 is 0 Å². The van der Waals surface area contributed by atoms with Crippen LogP contribution in [0.25, 0.3) is 11.1 Å². The molecule has 4 aliphatic heterocycles. The Hall–Kier alpha value is -6.92. The minimum atomic E-state index is -0.386. The second-order valence-corrected chi connectivity index (χ2v) is 16.6. The van der Waals surface area contributed by atoms with E-state index in [1.165, 1.54) is 11.1 Å². The Balaban J connectivity index is 0.000000233. The van der Waals surface area contributed by atoms with E-state index >= 15 is 0 Å². The number of rotatable bonds is 6. The van der Waals surface area contributed by atoms with E-state index in [2.05, 4.69) is 73.9 Å². The first-order chi connectivity index (χ1) is 30.8. The fourth-order valence-corrected chi connectivity index (χ4v) is 9.09. The predicted molar refractivity (Wildman–Crippen MR) is 248 cm³/mol. The number of benzene rings is 6. The predicted octanol–water partition coefficient (Wildman–Crippen LogP) is 7.35. The van der Waals surface area contributed by atoms with E-state index in [1.807, 2.05) is 109 Å². The molecule has 318 valence electrons. The first-order valence-corrected chi connectivity index (χ1v) is 21.6. The Morgan fingerprint density at radius 2 is 1.35 bits per heavy atom. The van der Waals surface area contributed by atoms with Gasteiger partial charge in [-0.15, -0.1) is 0 Å². The van der Waals surface area contributed by atoms with Crippen molar-refractivity contribution in [2.24, 2.45) is 0 Å². The molecule has 2 fully saturated rings. The van der Waals surface area contributed by atoms with E-state index in [0.29, 0.717) is 47.7 Å². The summed E-state index contributed by atoms with van der Waals surface area (Å²) in [6, 6.07) is 50.6. The molecule has 0 aliphatic carbocycles. The fraction of sp³-hybridized carbons (Fsp3) is 0.231. The lowest BCUT2D eigenvalue weighted by Crippen LogP contribution is -2.57. The Bertz CT molecular complexity index is 2600. The van der Waals surface area contributed by atoms with Gasteiger partial charge in [-0.05, 0) is 77.8 Å². The molecule has 2 atom stereocenters. The van der Waals surface area contributed by atoms with Crippen molar-refractivity contribution in [2.45, 2.75) is 25.2 Å². The van der Waals surface area contributed by atoms with E-state index in [1.54, 1.807) is 17.0 Å². The summed E-state index contributed by atoms with van der Waals surface area (Å²) in [7, 11) is 1.97. The monoisotopic (exact) mass is 837 g/mol. The molecule has 0 saturated carbocycles. The number of carbonyl (C=O) groups is 4. The lowest BCUT2D eigenvalue weighted by atomic mass is 9.99. The summed E-state index contributed by atoms with van der Waals surface area (Å²) in [5.74, 6) is -0.369. The van der Waals surface area contributed by atoms with Gasteiger partial charge in [-0.3, -0.25) is 29.0 Å². The molecule has 0 bridgehead atoms. The first kappa shape index (κ1) is 41.4. The Labute approximate surface area is 368 Å². The molecule has 4 aliphatic rings. The highest BCUT2D eigenvalue weighted by Crippen LogP contribution is 2.31. The average molecular weight is 838 g/mol. The van der Waals surface area contributed by atoms with Gasteiger partial charge in [-0.2, -0.15) is 0 Å². The van der Waals surface area contributed by atoms with Gasteiger partial charge in [-0.1, -0.05) is 109 Å². The maximum Gasteiger partial charge on any atom is 0.258 e. The third kappa shape index (κ3) is 9.17. The maximum atomic E-state index is 14.1. The minimum absolute atomic E-state index is 0.0308. The Kier molecular flexibility index (Phi) is 12.2. The summed E-state index contributed by atoms with van der Waals surface area (Å²) in [6.07, 6.45) is 0. The van der Waals surface area contributed by atoms with E-state index in [9.17, 15) is 19.2 Å². The van der Waals surface area contributed by atoms with Crippen molar-refractivity contribution in [1.29, 1.82) is 0 Å². The van der Waals surface area contributed by atoms with Crippen LogP contribution in [0.15, 0.2) is 158 Å². The topological polar surface area (TPSA) is 109 Å². The molecule has 2 saturated heterocycles. The van der Waals surface area contributed by atoms with E-state index in [0.717, 1.165) is 56.1 Å². The van der Waals surface area contributed by atoms with E-state index in [-0.39, 0.29) is 35.7 Å². The van der Waals surface area contributed by atoms with Crippen LogP contribution in [0.1, 0.15) is 42.2 Å².